The molecule has 1 unspecified atom stereocenters. The van der Waals surface area contributed by atoms with Crippen molar-refractivity contribution >= 4 is 5.78 Å². The van der Waals surface area contributed by atoms with Crippen LogP contribution in [0.5, 0.6) is 5.75 Å². The van der Waals surface area contributed by atoms with Crippen LogP contribution < -0.4 is 10.2 Å². The summed E-state index contributed by atoms with van der Waals surface area (Å²) in [4.78, 5) is 25.5. The number of ether oxygens (including phenoxy) is 1. The van der Waals surface area contributed by atoms with Gasteiger partial charge >= 0.3 is 0 Å². The number of halogens is 1. The van der Waals surface area contributed by atoms with Gasteiger partial charge in [-0.25, -0.2) is 9.07 Å². The van der Waals surface area contributed by atoms with E-state index in [1.54, 1.807) is 39.8 Å². The molecule has 0 amide bonds. The molecule has 0 radical (unpaired) electrons. The van der Waals surface area contributed by atoms with Gasteiger partial charge in [-0.2, -0.15) is 5.10 Å². The van der Waals surface area contributed by atoms with E-state index in [-0.39, 0.29) is 28.6 Å². The summed E-state index contributed by atoms with van der Waals surface area (Å²) < 4.78 is 23.8. The number of carbonyl (C=O) groups excluding carboxylic acids is 1. The predicted octanol–water partition coefficient (Wildman–Crippen LogP) is 5.06. The predicted molar refractivity (Wildman–Crippen MR) is 127 cm³/mol. The second-order valence-electron chi connectivity index (χ2n) is 8.42. The number of aromatic nitrogens is 3. The molecular weight excluding hydrogens is 433 g/mol. The Morgan fingerprint density at radius 1 is 1.03 bits per heavy atom. The number of benzene rings is 2. The minimum absolute atomic E-state index is 0.0873. The van der Waals surface area contributed by atoms with E-state index in [1.165, 1.54) is 19.4 Å². The zero-order valence-electron chi connectivity index (χ0n) is 18.8. The molecule has 1 aliphatic carbocycles. The van der Waals surface area contributed by atoms with Crippen molar-refractivity contribution in [1.82, 2.24) is 14.3 Å². The Morgan fingerprint density at radius 3 is 2.59 bits per heavy atom. The first-order valence-electron chi connectivity index (χ1n) is 11.3. The molecule has 0 spiro atoms. The smallest absolute Gasteiger partial charge is 0.232 e. The van der Waals surface area contributed by atoms with E-state index >= 15 is 4.39 Å². The van der Waals surface area contributed by atoms with Crippen LogP contribution in [-0.2, 0) is 4.79 Å². The summed E-state index contributed by atoms with van der Waals surface area (Å²) in [5.74, 6) is -0.468. The molecule has 172 valence electrons. The van der Waals surface area contributed by atoms with Crippen LogP contribution in [0.15, 0.2) is 78.0 Å². The Labute approximate surface area is 196 Å². The number of rotatable bonds is 5. The Morgan fingerprint density at radius 2 is 1.85 bits per heavy atom. The molecule has 2 aromatic carbocycles. The quantitative estimate of drug-likeness (QED) is 0.420. The third-order valence-electron chi connectivity index (χ3n) is 6.34. The van der Waals surface area contributed by atoms with E-state index in [1.807, 2.05) is 30.3 Å². The number of pyridine rings is 1. The molecule has 0 N–H and O–H groups in total. The first-order chi connectivity index (χ1) is 16.6. The molecule has 1 fully saturated rings. The standard InChI is InChI=1S/C27H24FN3O3/c1-34-26-17-30(24-12-11-18(15-22(24)28)20-9-5-6-10-25(20)32)16-21(27(26)33)23-13-14-29-31(23)19-7-3-2-4-8-19/h2-4,7-8,11-17,20H,5-6,9-10H2,1H3. The van der Waals surface area contributed by atoms with E-state index in [4.69, 9.17) is 4.74 Å². The summed E-state index contributed by atoms with van der Waals surface area (Å²) >= 11 is 0. The Bertz CT molecular complexity index is 1410. The van der Waals surface area contributed by atoms with E-state index in [0.29, 0.717) is 23.2 Å². The summed E-state index contributed by atoms with van der Waals surface area (Å²) in [5, 5.41) is 4.37. The molecule has 5 rings (SSSR count). The van der Waals surface area contributed by atoms with E-state index < -0.39 is 5.82 Å². The average Bonchev–Trinajstić information content (AvgIpc) is 3.35. The summed E-state index contributed by atoms with van der Waals surface area (Å²) in [6, 6.07) is 16.1. The fourth-order valence-electron chi connectivity index (χ4n) is 4.59. The van der Waals surface area contributed by atoms with Crippen molar-refractivity contribution in [3.8, 4) is 28.4 Å². The second kappa shape index (κ2) is 9.09. The van der Waals surface area contributed by atoms with Gasteiger partial charge in [-0.1, -0.05) is 30.7 Å². The van der Waals surface area contributed by atoms with E-state index in [0.717, 1.165) is 24.9 Å². The van der Waals surface area contributed by atoms with Crippen LogP contribution in [0.4, 0.5) is 4.39 Å². The van der Waals surface area contributed by atoms with Crippen molar-refractivity contribution in [3.63, 3.8) is 0 Å². The van der Waals surface area contributed by atoms with Crippen molar-refractivity contribution in [2.24, 2.45) is 0 Å². The monoisotopic (exact) mass is 457 g/mol. The number of nitrogens with zero attached hydrogens (tertiary/aromatic N) is 3. The van der Waals surface area contributed by atoms with Gasteiger partial charge in [-0.15, -0.1) is 0 Å². The summed E-state index contributed by atoms with van der Waals surface area (Å²) in [6.45, 7) is 0. The highest BCUT2D eigenvalue weighted by atomic mass is 19.1. The Hall–Kier alpha value is -4.00. The zero-order valence-corrected chi connectivity index (χ0v) is 18.8. The lowest BCUT2D eigenvalue weighted by Gasteiger charge is -2.21. The van der Waals surface area contributed by atoms with Gasteiger partial charge in [0.2, 0.25) is 5.43 Å². The SMILES string of the molecule is COc1cn(-c2ccc(C3CCCCC3=O)cc2F)cc(-c2ccnn2-c2ccccc2)c1=O. The first-order valence-corrected chi connectivity index (χ1v) is 11.3. The fraction of sp³-hybridized carbons (Fsp3) is 0.222. The molecule has 2 heterocycles. The van der Waals surface area contributed by atoms with Gasteiger partial charge < -0.3 is 9.30 Å². The first kappa shape index (κ1) is 21.8. The third-order valence-corrected chi connectivity index (χ3v) is 6.34. The van der Waals surface area contributed by atoms with Gasteiger partial charge in [0, 0.05) is 18.5 Å². The Kier molecular flexibility index (Phi) is 5.84. The number of hydrogen-bond acceptors (Lipinski definition) is 4. The van der Waals surface area contributed by atoms with Crippen LogP contribution in [0.25, 0.3) is 22.6 Å². The van der Waals surface area contributed by atoms with Crippen LogP contribution in [-0.4, -0.2) is 27.2 Å². The van der Waals surface area contributed by atoms with Crippen LogP contribution in [0.2, 0.25) is 0 Å². The highest BCUT2D eigenvalue weighted by molar-refractivity contribution is 5.86. The van der Waals surface area contributed by atoms with Crippen molar-refractivity contribution in [1.29, 1.82) is 0 Å². The molecule has 6 nitrogen and oxygen atoms in total. The van der Waals surface area contributed by atoms with Crippen molar-refractivity contribution < 1.29 is 13.9 Å². The molecule has 1 saturated carbocycles. The number of ketones is 1. The summed E-state index contributed by atoms with van der Waals surface area (Å²) in [5.41, 5.74) is 2.32. The lowest BCUT2D eigenvalue weighted by atomic mass is 9.83. The van der Waals surface area contributed by atoms with Crippen LogP contribution >= 0.6 is 0 Å². The average molecular weight is 458 g/mol. The minimum Gasteiger partial charge on any atom is -0.491 e. The molecule has 2 aromatic heterocycles. The lowest BCUT2D eigenvalue weighted by Crippen LogP contribution is -2.17. The normalized spacial score (nSPS) is 15.9. The van der Waals surface area contributed by atoms with Gasteiger partial charge in [-0.05, 0) is 48.7 Å². The summed E-state index contributed by atoms with van der Waals surface area (Å²) in [7, 11) is 1.41. The van der Waals surface area contributed by atoms with E-state index in [9.17, 15) is 9.59 Å². The van der Waals surface area contributed by atoms with Gasteiger partial charge in [0.1, 0.15) is 11.6 Å². The maximum Gasteiger partial charge on any atom is 0.232 e. The number of Topliss-reactive ketones (excluding diaryl/α,β-unsaturated/α-hetero) is 1. The molecule has 1 aliphatic rings. The van der Waals surface area contributed by atoms with E-state index in [2.05, 4.69) is 5.10 Å². The molecule has 7 heteroatoms. The number of hydrogen-bond donors (Lipinski definition) is 0. The van der Waals surface area contributed by atoms with Gasteiger partial charge in [-0.3, -0.25) is 9.59 Å². The molecule has 0 saturated heterocycles. The Balaban J connectivity index is 1.60. The molecule has 0 aliphatic heterocycles. The van der Waals surface area contributed by atoms with Crippen molar-refractivity contribution in [2.75, 3.05) is 7.11 Å². The number of methoxy groups -OCH3 is 1. The van der Waals surface area contributed by atoms with Crippen LogP contribution in [0.3, 0.4) is 0 Å². The third kappa shape index (κ3) is 3.94. The number of carbonyl (C=O) groups is 1. The van der Waals surface area contributed by atoms with Crippen molar-refractivity contribution in [2.45, 2.75) is 31.6 Å². The number of para-hydroxylation sites is 1. The molecule has 0 bridgehead atoms. The summed E-state index contributed by atoms with van der Waals surface area (Å²) in [6.07, 6.45) is 7.83. The van der Waals surface area contributed by atoms with Gasteiger partial charge in [0.15, 0.2) is 5.75 Å². The fourth-order valence-corrected chi connectivity index (χ4v) is 4.59. The largest absolute Gasteiger partial charge is 0.491 e. The lowest BCUT2D eigenvalue weighted by molar-refractivity contribution is -0.121. The minimum atomic E-state index is -0.468. The zero-order chi connectivity index (χ0) is 23.7. The molecule has 34 heavy (non-hydrogen) atoms. The van der Waals surface area contributed by atoms with Gasteiger partial charge in [0.05, 0.1) is 42.1 Å². The highest BCUT2D eigenvalue weighted by Gasteiger charge is 2.25. The molecule has 1 atom stereocenters. The maximum atomic E-state index is 15.3. The van der Waals surface area contributed by atoms with Crippen LogP contribution in [0.1, 0.15) is 37.2 Å². The molecular formula is C27H24FN3O3. The van der Waals surface area contributed by atoms with Crippen LogP contribution in [0, 0.1) is 5.82 Å². The molecule has 4 aromatic rings. The van der Waals surface area contributed by atoms with Gasteiger partial charge in [0.25, 0.3) is 0 Å². The topological polar surface area (TPSA) is 66.1 Å². The maximum absolute atomic E-state index is 15.3. The second-order valence-corrected chi connectivity index (χ2v) is 8.42. The van der Waals surface area contributed by atoms with Crippen molar-refractivity contribution in [3.05, 3.63) is 94.8 Å². The highest BCUT2D eigenvalue weighted by Crippen LogP contribution is 2.32.